The molecule has 0 fully saturated rings. The molecule has 0 spiro atoms. The molecule has 0 bridgehead atoms. The van der Waals surface area contributed by atoms with Crippen LogP contribution in [0.25, 0.3) is 0 Å². The zero-order chi connectivity index (χ0) is 10.5. The molecule has 0 saturated heterocycles. The van der Waals surface area contributed by atoms with Gasteiger partial charge in [0.2, 0.25) is 0 Å². The summed E-state index contributed by atoms with van der Waals surface area (Å²) < 4.78 is 33.5. The molecule has 0 rings (SSSR count). The summed E-state index contributed by atoms with van der Waals surface area (Å²) in [6, 6.07) is 0. The topological polar surface area (TPSA) is 80.7 Å². The van der Waals surface area contributed by atoms with Crippen molar-refractivity contribution in [1.82, 2.24) is 0 Å². The zero-order valence-electron chi connectivity index (χ0n) is 7.48. The van der Waals surface area contributed by atoms with E-state index >= 15 is 0 Å². The van der Waals surface area contributed by atoms with Crippen LogP contribution in [0.3, 0.4) is 0 Å². The molecule has 1 N–H and O–H groups in total. The van der Waals surface area contributed by atoms with Crippen molar-refractivity contribution in [2.24, 2.45) is 0 Å². The molecule has 0 aliphatic heterocycles. The normalized spacial score (nSPS) is 11.8. The Balaban J connectivity index is 0. The first-order valence-corrected chi connectivity index (χ1v) is 5.20. The van der Waals surface area contributed by atoms with Gasteiger partial charge in [-0.05, 0) is 13.3 Å². The van der Waals surface area contributed by atoms with Gasteiger partial charge in [0.05, 0.1) is 12.0 Å². The van der Waals surface area contributed by atoms with E-state index in [2.05, 4.69) is 4.74 Å². The third-order valence-corrected chi connectivity index (χ3v) is 1.74. The Kier molecular flexibility index (Phi) is 8.16. The standard InChI is InChI=1S/C7H12O5S.Li.H/c1-3-4-12-7(8)6(2)5-13(9,10)11;;/h5H,3-4H2,1-2H3,(H,9,10,11);;. The summed E-state index contributed by atoms with van der Waals surface area (Å²) in [5.41, 5.74) is -0.143. The second kappa shape index (κ2) is 7.07. The molecule has 0 saturated carbocycles. The van der Waals surface area contributed by atoms with Crippen molar-refractivity contribution < 1.29 is 22.5 Å². The minimum absolute atomic E-state index is 0. The number of hydrogen-bond acceptors (Lipinski definition) is 4. The minimum atomic E-state index is -4.26. The van der Waals surface area contributed by atoms with Crippen LogP contribution in [-0.4, -0.2) is 44.4 Å². The fourth-order valence-corrected chi connectivity index (χ4v) is 1.12. The van der Waals surface area contributed by atoms with Gasteiger partial charge in [-0.3, -0.25) is 4.55 Å². The van der Waals surface area contributed by atoms with Gasteiger partial charge in [-0.1, -0.05) is 6.92 Å². The van der Waals surface area contributed by atoms with Gasteiger partial charge in [0.15, 0.2) is 0 Å². The van der Waals surface area contributed by atoms with Crippen molar-refractivity contribution in [3.63, 3.8) is 0 Å². The van der Waals surface area contributed by atoms with Crippen molar-refractivity contribution in [3.05, 3.63) is 11.0 Å². The van der Waals surface area contributed by atoms with Gasteiger partial charge in [0.25, 0.3) is 10.1 Å². The molecule has 14 heavy (non-hydrogen) atoms. The first-order valence-electron chi connectivity index (χ1n) is 3.69. The van der Waals surface area contributed by atoms with E-state index in [1.54, 1.807) is 0 Å². The fraction of sp³-hybridized carbons (Fsp3) is 0.571. The molecule has 0 aromatic heterocycles. The average Bonchev–Trinajstić information content (AvgIpc) is 1.96. The third-order valence-electron chi connectivity index (χ3n) is 1.08. The van der Waals surface area contributed by atoms with Crippen molar-refractivity contribution >= 4 is 34.9 Å². The van der Waals surface area contributed by atoms with Crippen LogP contribution in [0.5, 0.6) is 0 Å². The Morgan fingerprint density at radius 3 is 2.36 bits per heavy atom. The van der Waals surface area contributed by atoms with Crippen LogP contribution in [0.2, 0.25) is 0 Å². The Bertz CT molecular complexity index is 306. The van der Waals surface area contributed by atoms with E-state index in [4.69, 9.17) is 4.55 Å². The molecule has 0 heterocycles. The summed E-state index contributed by atoms with van der Waals surface area (Å²) >= 11 is 0. The van der Waals surface area contributed by atoms with Gasteiger partial charge in [-0.25, -0.2) is 4.79 Å². The predicted octanol–water partition coefficient (Wildman–Crippen LogP) is 0.0827. The van der Waals surface area contributed by atoms with Gasteiger partial charge in [0.1, 0.15) is 0 Å². The van der Waals surface area contributed by atoms with E-state index in [-0.39, 0.29) is 31.0 Å². The van der Waals surface area contributed by atoms with Gasteiger partial charge < -0.3 is 4.74 Å². The molecule has 7 heteroatoms. The quantitative estimate of drug-likeness (QED) is 0.311. The first kappa shape index (κ1) is 16.2. The molecule has 0 unspecified atom stereocenters. The van der Waals surface area contributed by atoms with Crippen LogP contribution < -0.4 is 0 Å². The van der Waals surface area contributed by atoms with Crippen molar-refractivity contribution in [2.45, 2.75) is 20.3 Å². The number of carbonyl (C=O) groups is 1. The van der Waals surface area contributed by atoms with Gasteiger partial charge in [-0.15, -0.1) is 0 Å². The van der Waals surface area contributed by atoms with E-state index in [0.29, 0.717) is 11.8 Å². The Hall–Kier alpha value is -0.283. The fourth-order valence-electron chi connectivity index (χ4n) is 0.580. The van der Waals surface area contributed by atoms with Crippen molar-refractivity contribution in [2.75, 3.05) is 6.61 Å². The van der Waals surface area contributed by atoms with Crippen LogP contribution in [0.1, 0.15) is 20.3 Å². The number of esters is 1. The monoisotopic (exact) mass is 216 g/mol. The van der Waals surface area contributed by atoms with Crippen LogP contribution in [0.15, 0.2) is 11.0 Å². The summed E-state index contributed by atoms with van der Waals surface area (Å²) in [6.45, 7) is 3.30. The van der Waals surface area contributed by atoms with E-state index < -0.39 is 16.1 Å². The second-order valence-corrected chi connectivity index (χ2v) is 3.72. The Morgan fingerprint density at radius 2 is 2.00 bits per heavy atom. The summed E-state index contributed by atoms with van der Waals surface area (Å²) in [7, 11) is -4.26. The van der Waals surface area contributed by atoms with Crippen LogP contribution in [0, 0.1) is 0 Å². The Labute approximate surface area is 95.4 Å². The van der Waals surface area contributed by atoms with Crippen molar-refractivity contribution in [3.8, 4) is 0 Å². The number of carbonyl (C=O) groups excluding carboxylic acids is 1. The SMILES string of the molecule is CCCOC(=O)C(C)=CS(=O)(=O)O.[LiH]. The third kappa shape index (κ3) is 8.32. The maximum atomic E-state index is 10.9. The van der Waals surface area contributed by atoms with Crippen LogP contribution in [0.4, 0.5) is 0 Å². The molecule has 0 aromatic carbocycles. The second-order valence-electron chi connectivity index (χ2n) is 2.45. The molecule has 78 valence electrons. The summed E-state index contributed by atoms with van der Waals surface area (Å²) in [6.07, 6.45) is 0.658. The molecule has 0 aromatic rings. The molecule has 0 aliphatic carbocycles. The van der Waals surface area contributed by atoms with Crippen LogP contribution in [-0.2, 0) is 19.6 Å². The molecular weight excluding hydrogens is 203 g/mol. The van der Waals surface area contributed by atoms with E-state index in [1.165, 1.54) is 6.92 Å². The van der Waals surface area contributed by atoms with E-state index in [9.17, 15) is 13.2 Å². The van der Waals surface area contributed by atoms with Crippen molar-refractivity contribution in [1.29, 1.82) is 0 Å². The number of rotatable bonds is 4. The molecule has 0 atom stereocenters. The van der Waals surface area contributed by atoms with Gasteiger partial charge >= 0.3 is 24.8 Å². The van der Waals surface area contributed by atoms with Gasteiger partial charge in [-0.2, -0.15) is 8.42 Å². The number of hydrogen-bond donors (Lipinski definition) is 1. The Morgan fingerprint density at radius 1 is 1.50 bits per heavy atom. The summed E-state index contributed by atoms with van der Waals surface area (Å²) in [5, 5.41) is 0.463. The zero-order valence-corrected chi connectivity index (χ0v) is 8.30. The predicted molar refractivity (Wildman–Crippen MR) is 53.7 cm³/mol. The summed E-state index contributed by atoms with van der Waals surface area (Å²) in [5.74, 6) is -0.737. The maximum absolute atomic E-state index is 10.9. The average molecular weight is 216 g/mol. The molecule has 5 nitrogen and oxygen atoms in total. The van der Waals surface area contributed by atoms with E-state index in [0.717, 1.165) is 0 Å². The van der Waals surface area contributed by atoms with E-state index in [1.807, 2.05) is 6.92 Å². The molecule has 0 radical (unpaired) electrons. The van der Waals surface area contributed by atoms with Gasteiger partial charge in [0, 0.05) is 5.57 Å². The molecular formula is C7H13LiO5S. The first-order chi connectivity index (χ1) is 5.87. The summed E-state index contributed by atoms with van der Waals surface area (Å²) in [4.78, 5) is 10.9. The van der Waals surface area contributed by atoms with Crippen LogP contribution >= 0.6 is 0 Å². The number of ether oxygens (including phenoxy) is 1. The molecule has 0 aliphatic rings. The molecule has 0 amide bonds.